The molecule has 4 aromatic rings. The van der Waals surface area contributed by atoms with Crippen molar-refractivity contribution in [2.45, 2.75) is 31.7 Å². The van der Waals surface area contributed by atoms with Crippen molar-refractivity contribution in [1.29, 1.82) is 0 Å². The molecule has 1 unspecified atom stereocenters. The van der Waals surface area contributed by atoms with E-state index < -0.39 is 0 Å². The number of nitrogens with one attached hydrogen (secondary N) is 2. The number of morpholine rings is 1. The summed E-state index contributed by atoms with van der Waals surface area (Å²) in [5.74, 6) is 1.29. The van der Waals surface area contributed by atoms with Gasteiger partial charge < -0.3 is 39.0 Å². The van der Waals surface area contributed by atoms with Crippen LogP contribution in [0.4, 0.5) is 17.1 Å². The molecular formula is C41H46N6O7. The van der Waals surface area contributed by atoms with Crippen molar-refractivity contribution in [3.8, 4) is 28.4 Å². The zero-order valence-electron chi connectivity index (χ0n) is 30.7. The number of hydrogen-bond acceptors (Lipinski definition) is 9. The highest BCUT2D eigenvalue weighted by Crippen LogP contribution is 2.38. The fourth-order valence-electron chi connectivity index (χ4n) is 6.90. The van der Waals surface area contributed by atoms with Crippen molar-refractivity contribution in [3.05, 3.63) is 84.2 Å². The Morgan fingerprint density at radius 2 is 1.65 bits per heavy atom. The van der Waals surface area contributed by atoms with Gasteiger partial charge in [0.15, 0.2) is 11.5 Å². The molecule has 3 aliphatic heterocycles. The monoisotopic (exact) mass is 734 g/mol. The van der Waals surface area contributed by atoms with E-state index in [4.69, 9.17) is 18.9 Å². The number of ether oxygens (including phenoxy) is 4. The minimum absolute atomic E-state index is 0.0206. The van der Waals surface area contributed by atoms with Gasteiger partial charge in [0.2, 0.25) is 5.91 Å². The number of aromatic nitrogens is 1. The Morgan fingerprint density at radius 1 is 0.889 bits per heavy atom. The molecule has 2 fully saturated rings. The molecule has 3 aliphatic rings. The molecule has 4 heterocycles. The lowest BCUT2D eigenvalue weighted by Crippen LogP contribution is -2.38. The van der Waals surface area contributed by atoms with Gasteiger partial charge in [-0.3, -0.25) is 24.3 Å². The second-order valence-electron chi connectivity index (χ2n) is 13.6. The molecule has 2 N–H and O–H groups in total. The van der Waals surface area contributed by atoms with E-state index in [2.05, 4.69) is 20.5 Å². The lowest BCUT2D eigenvalue weighted by atomic mass is 10.1. The highest BCUT2D eigenvalue weighted by Gasteiger charge is 2.32. The zero-order valence-corrected chi connectivity index (χ0v) is 30.7. The van der Waals surface area contributed by atoms with Crippen LogP contribution in [0.15, 0.2) is 77.9 Å². The van der Waals surface area contributed by atoms with Gasteiger partial charge in [-0.05, 0) is 73.4 Å². The van der Waals surface area contributed by atoms with Crippen molar-refractivity contribution < 1.29 is 33.3 Å². The van der Waals surface area contributed by atoms with Crippen LogP contribution in [0.25, 0.3) is 11.1 Å². The van der Waals surface area contributed by atoms with Crippen LogP contribution in [0.1, 0.15) is 46.5 Å². The van der Waals surface area contributed by atoms with Crippen LogP contribution in [0.3, 0.4) is 0 Å². The van der Waals surface area contributed by atoms with E-state index in [-0.39, 0.29) is 36.8 Å². The molecule has 7 rings (SSSR count). The normalized spacial score (nSPS) is 16.7. The molecule has 1 aromatic heterocycles. The molecule has 0 radical (unpaired) electrons. The smallest absolute Gasteiger partial charge is 0.272 e. The van der Waals surface area contributed by atoms with Crippen LogP contribution in [-0.4, -0.2) is 104 Å². The van der Waals surface area contributed by atoms with Crippen LogP contribution < -0.4 is 24.8 Å². The zero-order chi connectivity index (χ0) is 37.4. The number of carbonyl (C=O) groups excluding carboxylic acids is 3. The van der Waals surface area contributed by atoms with E-state index in [1.165, 1.54) is 7.11 Å². The molecule has 0 bridgehead atoms. The second-order valence-corrected chi connectivity index (χ2v) is 13.6. The van der Waals surface area contributed by atoms with E-state index in [0.717, 1.165) is 69.1 Å². The van der Waals surface area contributed by atoms with Crippen LogP contribution in [0.2, 0.25) is 0 Å². The topological polar surface area (TPSA) is 136 Å². The average molecular weight is 735 g/mol. The second kappa shape index (κ2) is 17.0. The molecule has 0 spiro atoms. The third kappa shape index (κ3) is 8.75. The summed E-state index contributed by atoms with van der Waals surface area (Å²) in [7, 11) is 3.37. The molecule has 54 heavy (non-hydrogen) atoms. The molecule has 2 saturated heterocycles. The number of carbonyl (C=O) groups is 3. The number of benzene rings is 3. The molecule has 0 aliphatic carbocycles. The van der Waals surface area contributed by atoms with E-state index in [1.54, 1.807) is 16.7 Å². The van der Waals surface area contributed by atoms with Gasteiger partial charge in [0.05, 0.1) is 44.2 Å². The van der Waals surface area contributed by atoms with E-state index in [0.29, 0.717) is 52.8 Å². The number of fused-ring (bicyclic) bond motifs is 2. The Balaban J connectivity index is 0.864. The number of aryl methyl sites for hydroxylation is 1. The third-order valence-electron chi connectivity index (χ3n) is 9.90. The van der Waals surface area contributed by atoms with Gasteiger partial charge in [-0.1, -0.05) is 12.1 Å². The van der Waals surface area contributed by atoms with Crippen LogP contribution in [0.5, 0.6) is 17.2 Å². The first-order valence-corrected chi connectivity index (χ1v) is 18.5. The van der Waals surface area contributed by atoms with E-state index in [1.807, 2.05) is 79.0 Å². The van der Waals surface area contributed by atoms with E-state index >= 15 is 0 Å². The summed E-state index contributed by atoms with van der Waals surface area (Å²) in [6.45, 7) is 5.83. The molecule has 0 saturated carbocycles. The predicted molar refractivity (Wildman–Crippen MR) is 207 cm³/mol. The molecular weight excluding hydrogens is 688 g/mol. The Hall–Kier alpha value is -5.66. The van der Waals surface area contributed by atoms with Gasteiger partial charge in [0.1, 0.15) is 18.1 Å². The summed E-state index contributed by atoms with van der Waals surface area (Å²) in [5, 5.41) is 5.91. The Morgan fingerprint density at radius 3 is 2.43 bits per heavy atom. The van der Waals surface area contributed by atoms with Crippen LogP contribution >= 0.6 is 0 Å². The highest BCUT2D eigenvalue weighted by molar-refractivity contribution is 6.04. The molecule has 13 nitrogen and oxygen atoms in total. The number of nitrogens with zero attached hydrogens (tertiary/aromatic N) is 4. The number of amides is 3. The van der Waals surface area contributed by atoms with Crippen molar-refractivity contribution in [2.75, 3.05) is 70.3 Å². The first kappa shape index (κ1) is 36.7. The summed E-state index contributed by atoms with van der Waals surface area (Å²) in [4.78, 5) is 47.8. The summed E-state index contributed by atoms with van der Waals surface area (Å²) in [6, 6.07) is 20.2. The lowest BCUT2D eigenvalue weighted by molar-refractivity contribution is -0.116. The standard InChI is InChI=1S/C41H46N6O7/c1-45-27-29(23-36(45)40(49)44-31-11-13-33(14-12-31)53-22-18-46-16-20-52-21-17-46)28-7-9-30(10-8-28)43-39(48)6-4-19-54-38-25-35-34(24-37(38)51-2)41(50)47-15-3-5-32(47)26-42-35/h7-14,23-27,32H,3-6,15-22H2,1-2H3,(H,43,48)(H,44,49). The molecule has 13 heteroatoms. The quantitative estimate of drug-likeness (QED) is 0.156. The Bertz CT molecular complexity index is 1990. The minimum atomic E-state index is -0.220. The van der Waals surface area contributed by atoms with Crippen molar-refractivity contribution >= 4 is 41.0 Å². The average Bonchev–Trinajstić information content (AvgIpc) is 3.80. The SMILES string of the molecule is COc1cc2c(cc1OCCCC(=O)Nc1ccc(-c3cc(C(=O)Nc4ccc(OCCN5CCOCC5)cc4)n(C)c3)cc1)N=CC1CCCN1C2=O. The predicted octanol–water partition coefficient (Wildman–Crippen LogP) is 5.78. The van der Waals surface area contributed by atoms with Gasteiger partial charge in [-0.15, -0.1) is 0 Å². The van der Waals surface area contributed by atoms with Crippen LogP contribution in [0, 0.1) is 0 Å². The number of anilines is 2. The summed E-state index contributed by atoms with van der Waals surface area (Å²) >= 11 is 0. The summed E-state index contributed by atoms with van der Waals surface area (Å²) in [5.41, 5.74) is 4.71. The van der Waals surface area contributed by atoms with E-state index in [9.17, 15) is 14.4 Å². The maximum Gasteiger partial charge on any atom is 0.272 e. The fourth-order valence-corrected chi connectivity index (χ4v) is 6.90. The third-order valence-corrected chi connectivity index (χ3v) is 9.90. The van der Waals surface area contributed by atoms with Gasteiger partial charge >= 0.3 is 0 Å². The molecule has 1 atom stereocenters. The molecule has 3 aromatic carbocycles. The van der Waals surface area contributed by atoms with Crippen molar-refractivity contribution in [1.82, 2.24) is 14.4 Å². The number of hydrogen-bond donors (Lipinski definition) is 2. The highest BCUT2D eigenvalue weighted by atomic mass is 16.5. The first-order chi connectivity index (χ1) is 26.3. The van der Waals surface area contributed by atoms with Gasteiger partial charge in [-0.2, -0.15) is 0 Å². The number of methoxy groups -OCH3 is 1. The summed E-state index contributed by atoms with van der Waals surface area (Å²) in [6.07, 6.45) is 6.35. The fraction of sp³-hybridized carbons (Fsp3) is 0.366. The molecule has 282 valence electrons. The Kier molecular flexibility index (Phi) is 11.5. The Labute approximate surface area is 314 Å². The number of rotatable bonds is 14. The maximum absolute atomic E-state index is 13.2. The maximum atomic E-state index is 13.2. The largest absolute Gasteiger partial charge is 0.493 e. The molecule has 3 amide bonds. The lowest BCUT2D eigenvalue weighted by Gasteiger charge is -2.26. The first-order valence-electron chi connectivity index (χ1n) is 18.5. The van der Waals surface area contributed by atoms with Crippen molar-refractivity contribution in [2.24, 2.45) is 12.0 Å². The van der Waals surface area contributed by atoms with Crippen molar-refractivity contribution in [3.63, 3.8) is 0 Å². The number of aliphatic imine (C=N–C) groups is 1. The summed E-state index contributed by atoms with van der Waals surface area (Å²) < 4.78 is 24.6. The van der Waals surface area contributed by atoms with Gasteiger partial charge in [0.25, 0.3) is 11.8 Å². The van der Waals surface area contributed by atoms with Crippen LogP contribution in [-0.2, 0) is 16.6 Å². The van der Waals surface area contributed by atoms with Gasteiger partial charge in [0, 0.05) is 75.1 Å². The van der Waals surface area contributed by atoms with Gasteiger partial charge in [-0.25, -0.2) is 0 Å². The minimum Gasteiger partial charge on any atom is -0.493 e.